The predicted molar refractivity (Wildman–Crippen MR) is 143 cm³/mol. The Balaban J connectivity index is 0.00000101. The second-order valence-corrected chi connectivity index (χ2v) is 8.36. The summed E-state index contributed by atoms with van der Waals surface area (Å²) in [5, 5.41) is 3.88. The van der Waals surface area contributed by atoms with Gasteiger partial charge in [-0.2, -0.15) is 0 Å². The van der Waals surface area contributed by atoms with Crippen LogP contribution in [-0.4, -0.2) is 9.97 Å². The Morgan fingerprint density at radius 1 is 0.576 bits per heavy atom. The van der Waals surface area contributed by atoms with Crippen LogP contribution >= 0.6 is 0 Å². The molecule has 0 bridgehead atoms. The fourth-order valence-electron chi connectivity index (χ4n) is 5.11. The summed E-state index contributed by atoms with van der Waals surface area (Å²) in [6.45, 7) is 4.00. The van der Waals surface area contributed by atoms with Crippen LogP contribution in [0.25, 0.3) is 61.0 Å². The van der Waals surface area contributed by atoms with E-state index in [4.69, 9.17) is 0 Å². The minimum Gasteiger partial charge on any atom is -0.355 e. The number of aromatic amines is 2. The van der Waals surface area contributed by atoms with Crippen molar-refractivity contribution in [1.82, 2.24) is 9.97 Å². The fourth-order valence-corrected chi connectivity index (χ4v) is 5.11. The van der Waals surface area contributed by atoms with Crippen LogP contribution in [0.2, 0.25) is 0 Å². The second kappa shape index (κ2) is 7.83. The smallest absolute Gasteiger partial charge is 0.0471 e. The molecule has 0 saturated carbocycles. The standard InChI is InChI=1S/C29H20N2.C2H6/c1-2-7-21(19-13-15-25-23-9-5-11-27(23)31-29(25)17-19)20(6-1)18-12-14-24-22-8-3-4-10-26(22)30-28(24)16-18;1-2/h1-8,10-17,30-31H,9H2;1-2H3. The number of para-hydroxylation sites is 1. The molecule has 0 radical (unpaired) electrons. The third-order valence-electron chi connectivity index (χ3n) is 6.60. The van der Waals surface area contributed by atoms with Gasteiger partial charge in [0.2, 0.25) is 0 Å². The van der Waals surface area contributed by atoms with Crippen molar-refractivity contribution < 1.29 is 0 Å². The number of H-pyrrole nitrogens is 2. The van der Waals surface area contributed by atoms with E-state index < -0.39 is 0 Å². The van der Waals surface area contributed by atoms with E-state index in [9.17, 15) is 0 Å². The first-order valence-corrected chi connectivity index (χ1v) is 11.8. The Hall–Kier alpha value is -4.04. The molecule has 0 spiro atoms. The number of rotatable bonds is 2. The van der Waals surface area contributed by atoms with Crippen LogP contribution in [0.5, 0.6) is 0 Å². The van der Waals surface area contributed by atoms with Gasteiger partial charge in [0.15, 0.2) is 0 Å². The number of aromatic nitrogens is 2. The van der Waals surface area contributed by atoms with E-state index >= 15 is 0 Å². The lowest BCUT2D eigenvalue weighted by molar-refractivity contribution is 1.33. The van der Waals surface area contributed by atoms with Crippen molar-refractivity contribution in [2.24, 2.45) is 0 Å². The van der Waals surface area contributed by atoms with Crippen molar-refractivity contribution in [3.05, 3.63) is 102 Å². The Morgan fingerprint density at radius 2 is 1.18 bits per heavy atom. The highest BCUT2D eigenvalue weighted by atomic mass is 14.7. The van der Waals surface area contributed by atoms with E-state index in [0.29, 0.717) is 0 Å². The summed E-state index contributed by atoms with van der Waals surface area (Å²) in [7, 11) is 0. The lowest BCUT2D eigenvalue weighted by Gasteiger charge is -2.11. The summed E-state index contributed by atoms with van der Waals surface area (Å²) < 4.78 is 0. The number of hydrogen-bond donors (Lipinski definition) is 2. The third kappa shape index (κ3) is 3.10. The van der Waals surface area contributed by atoms with Crippen molar-refractivity contribution in [2.45, 2.75) is 20.3 Å². The van der Waals surface area contributed by atoms with Crippen LogP contribution in [0, 0.1) is 0 Å². The molecule has 2 heteroatoms. The topological polar surface area (TPSA) is 31.6 Å². The van der Waals surface area contributed by atoms with E-state index in [0.717, 1.165) is 6.42 Å². The van der Waals surface area contributed by atoms with Crippen LogP contribution in [0.3, 0.4) is 0 Å². The maximum absolute atomic E-state index is 3.59. The molecule has 0 saturated heterocycles. The summed E-state index contributed by atoms with van der Waals surface area (Å²) >= 11 is 0. The molecule has 2 nitrogen and oxygen atoms in total. The number of fused-ring (bicyclic) bond motifs is 6. The van der Waals surface area contributed by atoms with Gasteiger partial charge in [-0.3, -0.25) is 0 Å². The Labute approximate surface area is 193 Å². The van der Waals surface area contributed by atoms with Gasteiger partial charge in [-0.05, 0) is 58.5 Å². The fraction of sp³-hybridized carbons (Fsp3) is 0.0968. The molecule has 0 fully saturated rings. The molecule has 4 aromatic carbocycles. The SMILES string of the molecule is C1=Cc2[nH]c3cc(-c4ccccc4-c4ccc5c(c4)[nH]c4ccccc45)ccc3c2C1.CC. The molecule has 2 aromatic heterocycles. The van der Waals surface area contributed by atoms with Crippen LogP contribution in [0.15, 0.2) is 91.0 Å². The lowest BCUT2D eigenvalue weighted by atomic mass is 9.93. The average molecular weight is 427 g/mol. The summed E-state index contributed by atoms with van der Waals surface area (Å²) in [4.78, 5) is 7.17. The number of hydrogen-bond acceptors (Lipinski definition) is 0. The molecule has 160 valence electrons. The lowest BCUT2D eigenvalue weighted by Crippen LogP contribution is -1.86. The zero-order chi connectivity index (χ0) is 22.4. The van der Waals surface area contributed by atoms with Gasteiger partial charge in [0.05, 0.1) is 0 Å². The van der Waals surface area contributed by atoms with Crippen LogP contribution in [0.4, 0.5) is 0 Å². The van der Waals surface area contributed by atoms with Gasteiger partial charge in [-0.1, -0.05) is 86.7 Å². The Kier molecular flexibility index (Phi) is 4.66. The highest BCUT2D eigenvalue weighted by Crippen LogP contribution is 2.37. The zero-order valence-electron chi connectivity index (χ0n) is 18.9. The summed E-state index contributed by atoms with van der Waals surface area (Å²) in [5.74, 6) is 0. The average Bonchev–Trinajstić information content (AvgIpc) is 3.57. The number of nitrogens with one attached hydrogen (secondary N) is 2. The maximum Gasteiger partial charge on any atom is 0.0471 e. The normalized spacial score (nSPS) is 12.3. The molecule has 7 rings (SSSR count). The number of benzene rings is 4. The molecule has 0 aliphatic heterocycles. The third-order valence-corrected chi connectivity index (χ3v) is 6.60. The van der Waals surface area contributed by atoms with Gasteiger partial charge >= 0.3 is 0 Å². The highest BCUT2D eigenvalue weighted by Gasteiger charge is 2.15. The van der Waals surface area contributed by atoms with Crippen molar-refractivity contribution in [3.63, 3.8) is 0 Å². The molecule has 6 aromatic rings. The van der Waals surface area contributed by atoms with Gasteiger partial charge in [-0.15, -0.1) is 0 Å². The molecule has 2 heterocycles. The first kappa shape index (κ1) is 19.6. The van der Waals surface area contributed by atoms with Gasteiger partial charge in [0, 0.05) is 38.4 Å². The Bertz CT molecular complexity index is 1660. The highest BCUT2D eigenvalue weighted by molar-refractivity contribution is 6.08. The predicted octanol–water partition coefficient (Wildman–Crippen LogP) is 8.73. The molecular weight excluding hydrogens is 400 g/mol. The largest absolute Gasteiger partial charge is 0.355 e. The van der Waals surface area contributed by atoms with E-state index in [1.165, 1.54) is 66.2 Å². The first-order valence-electron chi connectivity index (χ1n) is 11.8. The Morgan fingerprint density at radius 3 is 1.94 bits per heavy atom. The van der Waals surface area contributed by atoms with Gasteiger partial charge < -0.3 is 9.97 Å². The van der Waals surface area contributed by atoms with Crippen molar-refractivity contribution >= 4 is 38.8 Å². The van der Waals surface area contributed by atoms with E-state index in [1.807, 2.05) is 13.8 Å². The molecule has 1 aliphatic carbocycles. The minimum atomic E-state index is 1.02. The summed E-state index contributed by atoms with van der Waals surface area (Å²) in [6.07, 6.45) is 5.44. The number of allylic oxidation sites excluding steroid dienone is 1. The molecule has 33 heavy (non-hydrogen) atoms. The van der Waals surface area contributed by atoms with E-state index in [1.54, 1.807) is 0 Å². The van der Waals surface area contributed by atoms with Crippen LogP contribution in [-0.2, 0) is 6.42 Å². The van der Waals surface area contributed by atoms with Crippen molar-refractivity contribution in [3.8, 4) is 22.3 Å². The molecular formula is C31H26N2. The van der Waals surface area contributed by atoms with E-state index in [-0.39, 0.29) is 0 Å². The van der Waals surface area contributed by atoms with E-state index in [2.05, 4.69) is 107 Å². The zero-order valence-corrected chi connectivity index (χ0v) is 18.9. The molecule has 0 atom stereocenters. The van der Waals surface area contributed by atoms with Crippen molar-refractivity contribution in [1.29, 1.82) is 0 Å². The summed E-state index contributed by atoms with van der Waals surface area (Å²) in [5.41, 5.74) is 11.2. The van der Waals surface area contributed by atoms with Gasteiger partial charge in [0.1, 0.15) is 0 Å². The molecule has 0 amide bonds. The first-order chi connectivity index (χ1) is 16.3. The van der Waals surface area contributed by atoms with Crippen LogP contribution in [0.1, 0.15) is 25.1 Å². The maximum atomic E-state index is 3.59. The van der Waals surface area contributed by atoms with Crippen LogP contribution < -0.4 is 0 Å². The molecule has 1 aliphatic rings. The van der Waals surface area contributed by atoms with Gasteiger partial charge in [0.25, 0.3) is 0 Å². The van der Waals surface area contributed by atoms with Gasteiger partial charge in [-0.25, -0.2) is 0 Å². The minimum absolute atomic E-state index is 1.02. The second-order valence-electron chi connectivity index (χ2n) is 8.36. The summed E-state index contributed by atoms with van der Waals surface area (Å²) in [6, 6.07) is 30.8. The quantitative estimate of drug-likeness (QED) is 0.277. The van der Waals surface area contributed by atoms with Crippen molar-refractivity contribution in [2.75, 3.05) is 0 Å². The monoisotopic (exact) mass is 426 g/mol. The molecule has 0 unspecified atom stereocenters. The molecule has 2 N–H and O–H groups in total.